The smallest absolute Gasteiger partial charge is 0.304 e. The lowest BCUT2D eigenvalue weighted by atomic mass is 10.1. The van der Waals surface area contributed by atoms with Crippen molar-refractivity contribution in [1.82, 2.24) is 9.03 Å². The molecular weight excluding hydrogens is 304 g/mol. The van der Waals surface area contributed by atoms with Crippen molar-refractivity contribution in [2.75, 3.05) is 13.6 Å². The van der Waals surface area contributed by atoms with E-state index in [0.717, 1.165) is 9.87 Å². The van der Waals surface area contributed by atoms with Gasteiger partial charge in [0.2, 0.25) is 0 Å². The van der Waals surface area contributed by atoms with Gasteiger partial charge in [-0.2, -0.15) is 17.4 Å². The monoisotopic (exact) mass is 320 g/mol. The van der Waals surface area contributed by atoms with Crippen LogP contribution in [0.1, 0.15) is 24.9 Å². The minimum Gasteiger partial charge on any atom is -0.481 e. The second-order valence-corrected chi connectivity index (χ2v) is 6.61. The van der Waals surface area contributed by atoms with Gasteiger partial charge in [0.05, 0.1) is 6.42 Å². The number of carboxylic acid groups (broad SMARTS) is 1. The van der Waals surface area contributed by atoms with Crippen molar-refractivity contribution in [3.05, 3.63) is 34.9 Å². The third-order valence-electron chi connectivity index (χ3n) is 2.75. The van der Waals surface area contributed by atoms with Gasteiger partial charge in [-0.05, 0) is 24.6 Å². The summed E-state index contributed by atoms with van der Waals surface area (Å²) in [5.41, 5.74) is 0.768. The zero-order valence-electron chi connectivity index (χ0n) is 11.2. The minimum absolute atomic E-state index is 0.0853. The molecule has 6 nitrogen and oxygen atoms in total. The van der Waals surface area contributed by atoms with Crippen LogP contribution in [0.2, 0.25) is 5.02 Å². The molecule has 1 atom stereocenters. The van der Waals surface area contributed by atoms with Crippen molar-refractivity contribution < 1.29 is 18.3 Å². The number of carbonyl (C=O) groups is 1. The van der Waals surface area contributed by atoms with Crippen LogP contribution in [0.5, 0.6) is 0 Å². The molecule has 0 aliphatic rings. The second-order valence-electron chi connectivity index (χ2n) is 4.36. The van der Waals surface area contributed by atoms with Gasteiger partial charge in [-0.25, -0.2) is 0 Å². The summed E-state index contributed by atoms with van der Waals surface area (Å²) in [5, 5.41) is 9.13. The molecule has 0 aliphatic heterocycles. The molecule has 8 heteroatoms. The number of benzene rings is 1. The SMILES string of the molecule is C[C@H](NS(=O)(=O)N(C)CCC(=O)O)c1ccc(Cl)cc1. The Morgan fingerprint density at radius 2 is 1.95 bits per heavy atom. The van der Waals surface area contributed by atoms with E-state index in [4.69, 9.17) is 16.7 Å². The highest BCUT2D eigenvalue weighted by molar-refractivity contribution is 7.87. The second kappa shape index (κ2) is 7.03. The maximum atomic E-state index is 12.0. The summed E-state index contributed by atoms with van der Waals surface area (Å²) in [7, 11) is -2.39. The van der Waals surface area contributed by atoms with E-state index in [1.807, 2.05) is 0 Å². The molecular formula is C12H17ClN2O4S. The first kappa shape index (κ1) is 16.9. The van der Waals surface area contributed by atoms with Crippen LogP contribution >= 0.6 is 11.6 Å². The van der Waals surface area contributed by atoms with Gasteiger partial charge >= 0.3 is 5.97 Å². The molecule has 1 rings (SSSR count). The zero-order valence-corrected chi connectivity index (χ0v) is 12.8. The van der Waals surface area contributed by atoms with E-state index in [0.29, 0.717) is 5.02 Å². The fourth-order valence-electron chi connectivity index (χ4n) is 1.51. The van der Waals surface area contributed by atoms with Crippen molar-refractivity contribution in [1.29, 1.82) is 0 Å². The molecule has 0 spiro atoms. The van der Waals surface area contributed by atoms with Crippen LogP contribution in [0, 0.1) is 0 Å². The molecule has 0 heterocycles. The van der Waals surface area contributed by atoms with Gasteiger partial charge in [0.25, 0.3) is 10.2 Å². The standard InChI is InChI=1S/C12H17ClN2O4S/c1-9(10-3-5-11(13)6-4-10)14-20(18,19)15(2)8-7-12(16)17/h3-6,9,14H,7-8H2,1-2H3,(H,16,17)/t9-/m0/s1. The third kappa shape index (κ3) is 5.09. The van der Waals surface area contributed by atoms with Crippen LogP contribution in [-0.2, 0) is 15.0 Å². The Balaban J connectivity index is 2.69. The summed E-state index contributed by atoms with van der Waals surface area (Å²) in [6.45, 7) is 1.61. The molecule has 0 radical (unpaired) electrons. The molecule has 0 unspecified atom stereocenters. The van der Waals surface area contributed by atoms with Crippen molar-refractivity contribution >= 4 is 27.8 Å². The number of hydrogen-bond acceptors (Lipinski definition) is 3. The molecule has 20 heavy (non-hydrogen) atoms. The van der Waals surface area contributed by atoms with E-state index >= 15 is 0 Å². The molecule has 1 aromatic rings. The summed E-state index contributed by atoms with van der Waals surface area (Å²) in [6, 6.07) is 6.37. The van der Waals surface area contributed by atoms with Gasteiger partial charge < -0.3 is 5.11 Å². The number of nitrogens with zero attached hydrogens (tertiary/aromatic N) is 1. The van der Waals surface area contributed by atoms with Gasteiger partial charge in [0.15, 0.2) is 0 Å². The summed E-state index contributed by atoms with van der Waals surface area (Å²) in [4.78, 5) is 10.5. The van der Waals surface area contributed by atoms with Crippen LogP contribution in [0.25, 0.3) is 0 Å². The Morgan fingerprint density at radius 3 is 2.45 bits per heavy atom. The molecule has 0 bridgehead atoms. The number of halogens is 1. The lowest BCUT2D eigenvalue weighted by molar-refractivity contribution is -0.137. The van der Waals surface area contributed by atoms with E-state index in [2.05, 4.69) is 4.72 Å². The predicted octanol–water partition coefficient (Wildman–Crippen LogP) is 1.64. The Hall–Kier alpha value is -1.15. The van der Waals surface area contributed by atoms with Crippen molar-refractivity contribution in [3.8, 4) is 0 Å². The average molecular weight is 321 g/mol. The minimum atomic E-state index is -3.73. The maximum absolute atomic E-state index is 12.0. The molecule has 0 aliphatic carbocycles. The largest absolute Gasteiger partial charge is 0.481 e. The highest BCUT2D eigenvalue weighted by Gasteiger charge is 2.21. The summed E-state index contributed by atoms with van der Waals surface area (Å²) in [6.07, 6.45) is -0.243. The molecule has 0 saturated heterocycles. The summed E-state index contributed by atoms with van der Waals surface area (Å²) >= 11 is 5.77. The van der Waals surface area contributed by atoms with E-state index in [9.17, 15) is 13.2 Å². The molecule has 0 saturated carbocycles. The van der Waals surface area contributed by atoms with E-state index in [1.165, 1.54) is 7.05 Å². The molecule has 0 aromatic heterocycles. The lowest BCUT2D eigenvalue weighted by Crippen LogP contribution is -2.40. The topological polar surface area (TPSA) is 86.7 Å². The molecule has 112 valence electrons. The molecule has 0 fully saturated rings. The van der Waals surface area contributed by atoms with Crippen molar-refractivity contribution in [2.24, 2.45) is 0 Å². The number of aliphatic carboxylic acids is 1. The highest BCUT2D eigenvalue weighted by atomic mass is 35.5. The Bertz CT molecular complexity index is 559. The number of hydrogen-bond donors (Lipinski definition) is 2. The van der Waals surface area contributed by atoms with Crippen LogP contribution in [0.3, 0.4) is 0 Å². The van der Waals surface area contributed by atoms with Gasteiger partial charge in [-0.1, -0.05) is 23.7 Å². The molecule has 0 amide bonds. The van der Waals surface area contributed by atoms with E-state index < -0.39 is 22.2 Å². The van der Waals surface area contributed by atoms with Gasteiger partial charge in [-0.15, -0.1) is 0 Å². The molecule has 1 aromatic carbocycles. The number of carboxylic acids is 1. The lowest BCUT2D eigenvalue weighted by Gasteiger charge is -2.20. The van der Waals surface area contributed by atoms with Crippen molar-refractivity contribution in [3.63, 3.8) is 0 Å². The first-order valence-corrected chi connectivity index (χ1v) is 7.75. The van der Waals surface area contributed by atoms with Gasteiger partial charge in [0, 0.05) is 24.7 Å². The Kier molecular flexibility index (Phi) is 5.94. The van der Waals surface area contributed by atoms with E-state index in [1.54, 1.807) is 31.2 Å². The Morgan fingerprint density at radius 1 is 1.40 bits per heavy atom. The first-order valence-electron chi connectivity index (χ1n) is 5.93. The van der Waals surface area contributed by atoms with E-state index in [-0.39, 0.29) is 13.0 Å². The van der Waals surface area contributed by atoms with Crippen LogP contribution < -0.4 is 4.72 Å². The summed E-state index contributed by atoms with van der Waals surface area (Å²) < 4.78 is 27.4. The third-order valence-corrected chi connectivity index (χ3v) is 4.65. The molecule has 2 N–H and O–H groups in total. The van der Waals surface area contributed by atoms with Crippen LogP contribution in [0.15, 0.2) is 24.3 Å². The van der Waals surface area contributed by atoms with Crippen LogP contribution in [0.4, 0.5) is 0 Å². The normalized spacial score (nSPS) is 13.4. The average Bonchev–Trinajstić information content (AvgIpc) is 2.35. The van der Waals surface area contributed by atoms with Gasteiger partial charge in [0.1, 0.15) is 0 Å². The first-order chi connectivity index (χ1) is 9.22. The summed E-state index contributed by atoms with van der Waals surface area (Å²) in [5.74, 6) is -1.04. The quantitative estimate of drug-likeness (QED) is 0.799. The van der Waals surface area contributed by atoms with Crippen LogP contribution in [-0.4, -0.2) is 37.4 Å². The number of nitrogens with one attached hydrogen (secondary N) is 1. The fourth-order valence-corrected chi connectivity index (χ4v) is 2.73. The van der Waals surface area contributed by atoms with Crippen molar-refractivity contribution in [2.45, 2.75) is 19.4 Å². The maximum Gasteiger partial charge on any atom is 0.304 e. The predicted molar refractivity (Wildman–Crippen MR) is 76.8 cm³/mol. The highest BCUT2D eigenvalue weighted by Crippen LogP contribution is 2.17. The zero-order chi connectivity index (χ0) is 15.3. The Labute approximate surface area is 123 Å². The number of rotatable bonds is 7. The fraction of sp³-hybridized carbons (Fsp3) is 0.417. The van der Waals surface area contributed by atoms with Gasteiger partial charge in [-0.3, -0.25) is 4.79 Å².